The maximum absolute atomic E-state index is 6.10. The molecule has 0 spiro atoms. The Morgan fingerprint density at radius 1 is 1.19 bits per heavy atom. The molecule has 26 heavy (non-hydrogen) atoms. The highest BCUT2D eigenvalue weighted by Crippen LogP contribution is 2.20. The fraction of sp³-hybridized carbons (Fsp3) is 0.389. The van der Waals surface area contributed by atoms with Crippen molar-refractivity contribution >= 4 is 29.1 Å². The van der Waals surface area contributed by atoms with Gasteiger partial charge in [-0.3, -0.25) is 9.98 Å². The number of benzene rings is 1. The molecule has 0 bridgehead atoms. The first-order chi connectivity index (χ1) is 12.8. The van der Waals surface area contributed by atoms with Crippen molar-refractivity contribution in [1.82, 2.24) is 20.2 Å². The SMILES string of the molecule is CN=C(NCCNc1cnccn1)N1CCN(c2cccc(Cl)c2)CC1. The predicted octanol–water partition coefficient (Wildman–Crippen LogP) is 1.94. The van der Waals surface area contributed by atoms with Gasteiger partial charge in [-0.05, 0) is 18.2 Å². The summed E-state index contributed by atoms with van der Waals surface area (Å²) in [6, 6.07) is 8.02. The summed E-state index contributed by atoms with van der Waals surface area (Å²) in [6.45, 7) is 5.24. The standard InChI is InChI=1S/C18H24ClN7/c1-20-18(24-8-7-23-17-14-21-5-6-22-17)26-11-9-25(10-12-26)16-4-2-3-15(19)13-16/h2-6,13-14H,7-12H2,1H3,(H,20,24)(H,22,23). The number of hydrogen-bond donors (Lipinski definition) is 2. The minimum atomic E-state index is 0.750. The number of halogens is 1. The molecular formula is C18H24ClN7. The summed E-state index contributed by atoms with van der Waals surface area (Å²) < 4.78 is 0. The lowest BCUT2D eigenvalue weighted by molar-refractivity contribution is 0.373. The molecule has 2 aromatic rings. The van der Waals surface area contributed by atoms with Gasteiger partial charge in [-0.2, -0.15) is 0 Å². The third-order valence-electron chi connectivity index (χ3n) is 4.24. The van der Waals surface area contributed by atoms with Gasteiger partial charge in [0.2, 0.25) is 0 Å². The molecule has 0 atom stereocenters. The van der Waals surface area contributed by atoms with Crippen LogP contribution in [-0.4, -0.2) is 67.1 Å². The summed E-state index contributed by atoms with van der Waals surface area (Å²) in [6.07, 6.45) is 5.05. The number of anilines is 2. The molecule has 2 heterocycles. The van der Waals surface area contributed by atoms with Gasteiger partial charge in [-0.1, -0.05) is 17.7 Å². The van der Waals surface area contributed by atoms with E-state index < -0.39 is 0 Å². The van der Waals surface area contributed by atoms with Crippen LogP contribution >= 0.6 is 11.6 Å². The molecule has 1 aliphatic heterocycles. The molecule has 1 aromatic heterocycles. The number of nitrogens with zero attached hydrogens (tertiary/aromatic N) is 5. The van der Waals surface area contributed by atoms with E-state index in [0.717, 1.165) is 56.1 Å². The number of piperazine rings is 1. The minimum Gasteiger partial charge on any atom is -0.368 e. The van der Waals surface area contributed by atoms with E-state index in [1.54, 1.807) is 18.6 Å². The zero-order chi connectivity index (χ0) is 18.2. The van der Waals surface area contributed by atoms with Gasteiger partial charge in [0.05, 0.1) is 6.20 Å². The summed E-state index contributed by atoms with van der Waals surface area (Å²) in [7, 11) is 1.82. The minimum absolute atomic E-state index is 0.750. The Morgan fingerprint density at radius 2 is 2.04 bits per heavy atom. The highest BCUT2D eigenvalue weighted by Gasteiger charge is 2.19. The van der Waals surface area contributed by atoms with Gasteiger partial charge < -0.3 is 20.4 Å². The summed E-state index contributed by atoms with van der Waals surface area (Å²) in [5.41, 5.74) is 1.17. The first-order valence-corrected chi connectivity index (χ1v) is 9.10. The van der Waals surface area contributed by atoms with E-state index in [1.165, 1.54) is 5.69 Å². The van der Waals surface area contributed by atoms with Gasteiger partial charge in [0, 0.05) is 69.4 Å². The van der Waals surface area contributed by atoms with Gasteiger partial charge in [0.15, 0.2) is 5.96 Å². The zero-order valence-electron chi connectivity index (χ0n) is 14.9. The average molecular weight is 374 g/mol. The Labute approximate surface area is 159 Å². The van der Waals surface area contributed by atoms with Crippen molar-refractivity contribution in [3.63, 3.8) is 0 Å². The van der Waals surface area contributed by atoms with Gasteiger partial charge >= 0.3 is 0 Å². The topological polar surface area (TPSA) is 68.7 Å². The van der Waals surface area contributed by atoms with Crippen molar-refractivity contribution in [2.24, 2.45) is 4.99 Å². The molecule has 1 fully saturated rings. The molecule has 0 amide bonds. The summed E-state index contributed by atoms with van der Waals surface area (Å²) in [5, 5.41) is 7.41. The van der Waals surface area contributed by atoms with Crippen molar-refractivity contribution in [1.29, 1.82) is 0 Å². The van der Waals surface area contributed by atoms with E-state index in [0.29, 0.717) is 0 Å². The molecule has 7 nitrogen and oxygen atoms in total. The fourth-order valence-corrected chi connectivity index (χ4v) is 3.12. The van der Waals surface area contributed by atoms with E-state index in [9.17, 15) is 0 Å². The van der Waals surface area contributed by atoms with Crippen molar-refractivity contribution in [3.05, 3.63) is 47.9 Å². The molecule has 138 valence electrons. The smallest absolute Gasteiger partial charge is 0.193 e. The number of aliphatic imine (C=N–C) groups is 1. The third-order valence-corrected chi connectivity index (χ3v) is 4.48. The molecule has 8 heteroatoms. The van der Waals surface area contributed by atoms with Crippen LogP contribution in [0.25, 0.3) is 0 Å². The van der Waals surface area contributed by atoms with Gasteiger partial charge in [-0.25, -0.2) is 4.98 Å². The third kappa shape index (κ3) is 4.98. The fourth-order valence-electron chi connectivity index (χ4n) is 2.94. The lowest BCUT2D eigenvalue weighted by Gasteiger charge is -2.37. The van der Waals surface area contributed by atoms with Crippen LogP contribution in [0.1, 0.15) is 0 Å². The Balaban J connectivity index is 1.43. The molecule has 0 radical (unpaired) electrons. The van der Waals surface area contributed by atoms with E-state index in [4.69, 9.17) is 11.6 Å². The number of guanidine groups is 1. The largest absolute Gasteiger partial charge is 0.368 e. The van der Waals surface area contributed by atoms with Crippen LogP contribution in [0.15, 0.2) is 47.8 Å². The number of rotatable bonds is 5. The predicted molar refractivity (Wildman–Crippen MR) is 107 cm³/mol. The average Bonchev–Trinajstić information content (AvgIpc) is 2.69. The van der Waals surface area contributed by atoms with Crippen LogP contribution in [0.5, 0.6) is 0 Å². The van der Waals surface area contributed by atoms with Crippen LogP contribution in [0.3, 0.4) is 0 Å². The molecule has 1 aromatic carbocycles. The van der Waals surface area contributed by atoms with Crippen molar-refractivity contribution in [3.8, 4) is 0 Å². The van der Waals surface area contributed by atoms with E-state index in [-0.39, 0.29) is 0 Å². The van der Waals surface area contributed by atoms with Gasteiger partial charge in [0.25, 0.3) is 0 Å². The second kappa shape index (κ2) is 9.24. The zero-order valence-corrected chi connectivity index (χ0v) is 15.7. The monoisotopic (exact) mass is 373 g/mol. The molecule has 2 N–H and O–H groups in total. The molecule has 1 aliphatic rings. The molecule has 3 rings (SSSR count). The Hall–Kier alpha value is -2.54. The van der Waals surface area contributed by atoms with Crippen molar-refractivity contribution in [2.45, 2.75) is 0 Å². The van der Waals surface area contributed by atoms with Crippen molar-refractivity contribution < 1.29 is 0 Å². The van der Waals surface area contributed by atoms with Gasteiger partial charge in [-0.15, -0.1) is 0 Å². The molecular weight excluding hydrogens is 350 g/mol. The van der Waals surface area contributed by atoms with Crippen LogP contribution in [0.2, 0.25) is 5.02 Å². The number of aromatic nitrogens is 2. The van der Waals surface area contributed by atoms with Crippen LogP contribution < -0.4 is 15.5 Å². The maximum atomic E-state index is 6.10. The number of nitrogens with one attached hydrogen (secondary N) is 2. The lowest BCUT2D eigenvalue weighted by atomic mass is 10.2. The summed E-state index contributed by atoms with van der Waals surface area (Å²) >= 11 is 6.10. The number of hydrogen-bond acceptors (Lipinski definition) is 5. The normalized spacial score (nSPS) is 15.1. The first kappa shape index (κ1) is 18.3. The lowest BCUT2D eigenvalue weighted by Crippen LogP contribution is -2.53. The van der Waals surface area contributed by atoms with Crippen molar-refractivity contribution in [2.75, 3.05) is 56.5 Å². The Kier molecular flexibility index (Phi) is 6.49. The van der Waals surface area contributed by atoms with E-state index >= 15 is 0 Å². The Morgan fingerprint density at radius 3 is 2.73 bits per heavy atom. The van der Waals surface area contributed by atoms with E-state index in [1.807, 2.05) is 25.2 Å². The Bertz CT molecular complexity index is 714. The highest BCUT2D eigenvalue weighted by molar-refractivity contribution is 6.30. The molecule has 0 unspecified atom stereocenters. The van der Waals surface area contributed by atoms with Crippen LogP contribution in [0, 0.1) is 0 Å². The van der Waals surface area contributed by atoms with Gasteiger partial charge in [0.1, 0.15) is 5.82 Å². The van der Waals surface area contributed by atoms with Crippen LogP contribution in [0.4, 0.5) is 11.5 Å². The molecule has 0 saturated carbocycles. The molecule has 1 saturated heterocycles. The highest BCUT2D eigenvalue weighted by atomic mass is 35.5. The first-order valence-electron chi connectivity index (χ1n) is 8.72. The summed E-state index contributed by atoms with van der Waals surface area (Å²) in [5.74, 6) is 1.70. The second-order valence-electron chi connectivity index (χ2n) is 5.95. The molecule has 0 aliphatic carbocycles. The maximum Gasteiger partial charge on any atom is 0.193 e. The van der Waals surface area contributed by atoms with E-state index in [2.05, 4.69) is 41.5 Å². The quantitative estimate of drug-likeness (QED) is 0.474. The summed E-state index contributed by atoms with van der Waals surface area (Å²) in [4.78, 5) is 17.3. The van der Waals surface area contributed by atoms with Crippen LogP contribution in [-0.2, 0) is 0 Å². The second-order valence-corrected chi connectivity index (χ2v) is 6.38.